The summed E-state index contributed by atoms with van der Waals surface area (Å²) in [5.41, 5.74) is 0. The van der Waals surface area contributed by atoms with Crippen LogP contribution in [0.5, 0.6) is 0 Å². The van der Waals surface area contributed by atoms with Gasteiger partial charge in [0.2, 0.25) is 5.91 Å². The second-order valence-corrected chi connectivity index (χ2v) is 4.70. The third-order valence-corrected chi connectivity index (χ3v) is 3.29. The van der Waals surface area contributed by atoms with E-state index in [0.717, 1.165) is 13.0 Å². The topological polar surface area (TPSA) is 59.6 Å². The van der Waals surface area contributed by atoms with Gasteiger partial charge in [-0.25, -0.2) is 0 Å². The molecule has 0 radical (unpaired) electrons. The van der Waals surface area contributed by atoms with E-state index in [1.54, 1.807) is 0 Å². The predicted molar refractivity (Wildman–Crippen MR) is 63.8 cm³/mol. The minimum atomic E-state index is 0.0253. The van der Waals surface area contributed by atoms with E-state index < -0.39 is 0 Å². The second kappa shape index (κ2) is 6.93. The molecule has 2 saturated heterocycles. The average Bonchev–Trinajstić information content (AvgIpc) is 2.88. The van der Waals surface area contributed by atoms with Crippen molar-refractivity contribution in [3.8, 4) is 0 Å². The molecule has 5 nitrogen and oxygen atoms in total. The minimum Gasteiger partial charge on any atom is -0.376 e. The number of ether oxygens (including phenoxy) is 2. The first-order chi connectivity index (χ1) is 8.34. The summed E-state index contributed by atoms with van der Waals surface area (Å²) in [6.45, 7) is 3.55. The van der Waals surface area contributed by atoms with Crippen LogP contribution < -0.4 is 10.6 Å². The first-order valence-electron chi connectivity index (χ1n) is 6.54. The molecule has 0 bridgehead atoms. The van der Waals surface area contributed by atoms with Crippen molar-refractivity contribution in [3.05, 3.63) is 0 Å². The van der Waals surface area contributed by atoms with E-state index in [-0.39, 0.29) is 12.0 Å². The van der Waals surface area contributed by atoms with Crippen molar-refractivity contribution >= 4 is 5.91 Å². The van der Waals surface area contributed by atoms with Crippen LogP contribution in [-0.2, 0) is 14.3 Å². The van der Waals surface area contributed by atoms with Crippen molar-refractivity contribution in [2.45, 2.75) is 37.8 Å². The summed E-state index contributed by atoms with van der Waals surface area (Å²) < 4.78 is 10.7. The molecule has 0 aromatic heterocycles. The number of nitrogens with one attached hydrogen (secondary N) is 2. The van der Waals surface area contributed by atoms with Gasteiger partial charge in [-0.05, 0) is 25.8 Å². The molecule has 1 amide bonds. The molecule has 0 aromatic rings. The number of hydrogen-bond acceptors (Lipinski definition) is 4. The Labute approximate surface area is 102 Å². The lowest BCUT2D eigenvalue weighted by molar-refractivity contribution is -0.124. The molecular formula is C12H22N2O3. The maximum absolute atomic E-state index is 11.6. The quantitative estimate of drug-likeness (QED) is 0.715. The highest BCUT2D eigenvalue weighted by atomic mass is 16.6. The molecule has 0 saturated carbocycles. The van der Waals surface area contributed by atoms with Gasteiger partial charge in [0, 0.05) is 19.0 Å². The smallest absolute Gasteiger partial charge is 0.220 e. The van der Waals surface area contributed by atoms with Gasteiger partial charge in [-0.2, -0.15) is 0 Å². The van der Waals surface area contributed by atoms with Crippen molar-refractivity contribution in [1.82, 2.24) is 10.6 Å². The lowest BCUT2D eigenvalue weighted by Crippen LogP contribution is -2.40. The van der Waals surface area contributed by atoms with E-state index >= 15 is 0 Å². The molecule has 2 fully saturated rings. The van der Waals surface area contributed by atoms with Crippen LogP contribution in [0.15, 0.2) is 0 Å². The Balaban J connectivity index is 1.53. The van der Waals surface area contributed by atoms with Gasteiger partial charge >= 0.3 is 0 Å². The standard InChI is InChI=1S/C12H22N2O3/c15-12(4-3-10-2-1-5-13-10)14-8-11-9-16-6-7-17-11/h10-11,13H,1-9H2,(H,14,15). The minimum absolute atomic E-state index is 0.0253. The highest BCUT2D eigenvalue weighted by Gasteiger charge is 2.17. The fraction of sp³-hybridized carbons (Fsp3) is 0.917. The van der Waals surface area contributed by atoms with Crippen molar-refractivity contribution < 1.29 is 14.3 Å². The largest absolute Gasteiger partial charge is 0.376 e. The van der Waals surface area contributed by atoms with Crippen molar-refractivity contribution in [2.24, 2.45) is 0 Å². The van der Waals surface area contributed by atoms with Crippen LogP contribution in [0.4, 0.5) is 0 Å². The zero-order valence-corrected chi connectivity index (χ0v) is 10.2. The normalized spacial score (nSPS) is 29.2. The van der Waals surface area contributed by atoms with Crippen molar-refractivity contribution in [3.63, 3.8) is 0 Å². The molecule has 2 heterocycles. The van der Waals surface area contributed by atoms with Gasteiger partial charge in [0.05, 0.1) is 25.9 Å². The fourth-order valence-electron chi connectivity index (χ4n) is 2.28. The predicted octanol–water partition coefficient (Wildman–Crippen LogP) is 0.0502. The molecule has 2 unspecified atom stereocenters. The lowest BCUT2D eigenvalue weighted by Gasteiger charge is -2.23. The summed E-state index contributed by atoms with van der Waals surface area (Å²) >= 11 is 0. The van der Waals surface area contributed by atoms with Crippen molar-refractivity contribution in [2.75, 3.05) is 32.9 Å². The molecule has 2 aliphatic heterocycles. The second-order valence-electron chi connectivity index (χ2n) is 4.70. The van der Waals surface area contributed by atoms with Gasteiger partial charge < -0.3 is 20.1 Å². The molecular weight excluding hydrogens is 220 g/mol. The molecule has 0 spiro atoms. The highest BCUT2D eigenvalue weighted by Crippen LogP contribution is 2.10. The molecule has 2 atom stereocenters. The first kappa shape index (κ1) is 12.8. The molecule has 5 heteroatoms. The van der Waals surface area contributed by atoms with Gasteiger partial charge in [-0.1, -0.05) is 0 Å². The molecule has 0 aromatic carbocycles. The first-order valence-corrected chi connectivity index (χ1v) is 6.54. The zero-order valence-electron chi connectivity index (χ0n) is 10.2. The molecule has 98 valence electrons. The van der Waals surface area contributed by atoms with Gasteiger partial charge in [-0.15, -0.1) is 0 Å². The Morgan fingerprint density at radius 2 is 2.35 bits per heavy atom. The van der Waals surface area contributed by atoms with Gasteiger partial charge in [0.25, 0.3) is 0 Å². The van der Waals surface area contributed by atoms with Crippen LogP contribution in [0.1, 0.15) is 25.7 Å². The monoisotopic (exact) mass is 242 g/mol. The number of rotatable bonds is 5. The van der Waals surface area contributed by atoms with Crippen LogP contribution in [0.3, 0.4) is 0 Å². The summed E-state index contributed by atoms with van der Waals surface area (Å²) in [5, 5.41) is 6.30. The molecule has 2 aliphatic rings. The van der Waals surface area contributed by atoms with E-state index in [2.05, 4.69) is 10.6 Å². The van der Waals surface area contributed by atoms with E-state index in [4.69, 9.17) is 9.47 Å². The van der Waals surface area contributed by atoms with E-state index in [1.807, 2.05) is 0 Å². The Bertz CT molecular complexity index is 236. The van der Waals surface area contributed by atoms with Crippen molar-refractivity contribution in [1.29, 1.82) is 0 Å². The fourth-order valence-corrected chi connectivity index (χ4v) is 2.28. The van der Waals surface area contributed by atoms with E-state index in [1.165, 1.54) is 12.8 Å². The SMILES string of the molecule is O=C(CCC1CCCN1)NCC1COCCO1. The Morgan fingerprint density at radius 1 is 1.41 bits per heavy atom. The van der Waals surface area contributed by atoms with E-state index in [0.29, 0.717) is 38.8 Å². The Kier molecular flexibility index (Phi) is 5.22. The number of amides is 1. The summed E-state index contributed by atoms with van der Waals surface area (Å²) in [5.74, 6) is 0.118. The van der Waals surface area contributed by atoms with Gasteiger partial charge in [0.15, 0.2) is 0 Å². The highest BCUT2D eigenvalue weighted by molar-refractivity contribution is 5.75. The summed E-state index contributed by atoms with van der Waals surface area (Å²) in [4.78, 5) is 11.6. The van der Waals surface area contributed by atoms with Crippen LogP contribution in [-0.4, -0.2) is 51.0 Å². The molecule has 17 heavy (non-hydrogen) atoms. The third-order valence-electron chi connectivity index (χ3n) is 3.29. The summed E-state index contributed by atoms with van der Waals surface area (Å²) in [6.07, 6.45) is 4.00. The number of carbonyl (C=O) groups is 1. The number of hydrogen-bond donors (Lipinski definition) is 2. The third kappa shape index (κ3) is 4.61. The molecule has 0 aliphatic carbocycles. The Morgan fingerprint density at radius 3 is 3.06 bits per heavy atom. The van der Waals surface area contributed by atoms with E-state index in [9.17, 15) is 4.79 Å². The van der Waals surface area contributed by atoms with Crippen LogP contribution >= 0.6 is 0 Å². The van der Waals surface area contributed by atoms with Crippen LogP contribution in [0.25, 0.3) is 0 Å². The van der Waals surface area contributed by atoms with Gasteiger partial charge in [-0.3, -0.25) is 4.79 Å². The maximum atomic E-state index is 11.6. The zero-order chi connectivity index (χ0) is 11.9. The molecule has 2 rings (SSSR count). The summed E-state index contributed by atoms with van der Waals surface area (Å²) in [7, 11) is 0. The summed E-state index contributed by atoms with van der Waals surface area (Å²) in [6, 6.07) is 0.537. The lowest BCUT2D eigenvalue weighted by atomic mass is 10.1. The number of carbonyl (C=O) groups excluding carboxylic acids is 1. The Hall–Kier alpha value is -0.650. The van der Waals surface area contributed by atoms with Gasteiger partial charge in [0.1, 0.15) is 0 Å². The average molecular weight is 242 g/mol. The maximum Gasteiger partial charge on any atom is 0.220 e. The van der Waals surface area contributed by atoms with Crippen LogP contribution in [0, 0.1) is 0 Å². The molecule has 2 N–H and O–H groups in total. The van der Waals surface area contributed by atoms with Crippen LogP contribution in [0.2, 0.25) is 0 Å².